The number of rotatable bonds is 6. The van der Waals surface area contributed by atoms with E-state index in [0.717, 1.165) is 17.7 Å². The summed E-state index contributed by atoms with van der Waals surface area (Å²) in [7, 11) is 1.57. The Balaban J connectivity index is 2.66. The Kier molecular flexibility index (Phi) is 4.52. The fourth-order valence-electron chi connectivity index (χ4n) is 1.81. The molecule has 0 radical (unpaired) electrons. The summed E-state index contributed by atoms with van der Waals surface area (Å²) in [5.41, 5.74) is 0. The maximum atomic E-state index is 12.0. The Labute approximate surface area is 105 Å². The second-order valence-electron chi connectivity index (χ2n) is 4.62. The highest BCUT2D eigenvalue weighted by Gasteiger charge is 2.34. The molecule has 1 fully saturated rings. The van der Waals surface area contributed by atoms with Crippen molar-refractivity contribution in [2.45, 2.75) is 25.8 Å². The summed E-state index contributed by atoms with van der Waals surface area (Å²) in [6.07, 6.45) is 2.10. The number of carboxylic acids is 2. The van der Waals surface area contributed by atoms with Crippen molar-refractivity contribution in [2.24, 2.45) is 5.92 Å². The number of hydrogen-bond acceptors (Lipinski definition) is 3. The largest absolute Gasteiger partial charge is 0.480 e. The average Bonchev–Trinajstić information content (AvgIpc) is 3.07. The van der Waals surface area contributed by atoms with E-state index in [1.807, 2.05) is 6.92 Å². The number of carbonyl (C=O) groups is 3. The summed E-state index contributed by atoms with van der Waals surface area (Å²) in [6.45, 7) is 0.676. The van der Waals surface area contributed by atoms with Crippen LogP contribution in [0.15, 0.2) is 0 Å². The van der Waals surface area contributed by atoms with Gasteiger partial charge in [0.1, 0.15) is 13.1 Å². The zero-order valence-electron chi connectivity index (χ0n) is 10.5. The fraction of sp³-hybridized carbons (Fsp3) is 0.727. The zero-order chi connectivity index (χ0) is 13.9. The number of hydrogen-bond donors (Lipinski definition) is 2. The van der Waals surface area contributed by atoms with Gasteiger partial charge in [-0.3, -0.25) is 9.59 Å². The molecule has 0 spiro atoms. The summed E-state index contributed by atoms with van der Waals surface area (Å²) in [5, 5.41) is 17.4. The van der Waals surface area contributed by atoms with E-state index in [2.05, 4.69) is 0 Å². The van der Waals surface area contributed by atoms with Crippen LogP contribution in [0, 0.1) is 5.92 Å². The first-order chi connectivity index (χ1) is 8.32. The van der Waals surface area contributed by atoms with Gasteiger partial charge in [0.05, 0.1) is 0 Å². The van der Waals surface area contributed by atoms with E-state index in [0.29, 0.717) is 5.92 Å². The van der Waals surface area contributed by atoms with Crippen LogP contribution in [0.25, 0.3) is 0 Å². The highest BCUT2D eigenvalue weighted by Crippen LogP contribution is 2.34. The monoisotopic (exact) mass is 258 g/mol. The lowest BCUT2D eigenvalue weighted by atomic mass is 10.2. The first kappa shape index (κ1) is 14.3. The predicted octanol–water partition coefficient (Wildman–Crippen LogP) is 0.308. The van der Waals surface area contributed by atoms with E-state index in [1.165, 1.54) is 4.90 Å². The number of carboxylic acid groups (broad SMARTS) is 2. The number of aliphatic carboxylic acids is 2. The van der Waals surface area contributed by atoms with Crippen molar-refractivity contribution < 1.29 is 24.6 Å². The zero-order valence-corrected chi connectivity index (χ0v) is 10.5. The van der Waals surface area contributed by atoms with E-state index in [9.17, 15) is 14.4 Å². The van der Waals surface area contributed by atoms with Gasteiger partial charge in [0.15, 0.2) is 0 Å². The fourth-order valence-corrected chi connectivity index (χ4v) is 1.81. The molecule has 0 aromatic rings. The maximum Gasteiger partial charge on any atom is 0.323 e. The van der Waals surface area contributed by atoms with Gasteiger partial charge in [0, 0.05) is 13.1 Å². The molecule has 0 aromatic carbocycles. The minimum absolute atomic E-state index is 0.00240. The lowest BCUT2D eigenvalue weighted by Crippen LogP contribution is -2.49. The van der Waals surface area contributed by atoms with Crippen molar-refractivity contribution in [3.63, 3.8) is 0 Å². The van der Waals surface area contributed by atoms with Gasteiger partial charge in [0.25, 0.3) is 0 Å². The third-order valence-corrected chi connectivity index (χ3v) is 3.14. The minimum atomic E-state index is -1.22. The molecule has 1 rings (SSSR count). The van der Waals surface area contributed by atoms with Crippen LogP contribution >= 0.6 is 0 Å². The van der Waals surface area contributed by atoms with Crippen LogP contribution in [0.5, 0.6) is 0 Å². The first-order valence-electron chi connectivity index (χ1n) is 5.78. The van der Waals surface area contributed by atoms with Crippen molar-refractivity contribution >= 4 is 18.0 Å². The molecule has 2 N–H and O–H groups in total. The Morgan fingerprint density at radius 3 is 1.94 bits per heavy atom. The molecule has 1 aliphatic carbocycles. The van der Waals surface area contributed by atoms with Gasteiger partial charge >= 0.3 is 18.0 Å². The summed E-state index contributed by atoms with van der Waals surface area (Å²) >= 11 is 0. The van der Waals surface area contributed by atoms with E-state index in [4.69, 9.17) is 10.2 Å². The first-order valence-corrected chi connectivity index (χ1v) is 5.78. The van der Waals surface area contributed by atoms with Gasteiger partial charge in [-0.1, -0.05) is 0 Å². The van der Waals surface area contributed by atoms with Crippen LogP contribution in [0.4, 0.5) is 4.79 Å². The molecule has 0 heterocycles. The lowest BCUT2D eigenvalue weighted by molar-refractivity contribution is -0.140. The Morgan fingerprint density at radius 2 is 1.61 bits per heavy atom. The van der Waals surface area contributed by atoms with Crippen molar-refractivity contribution in [1.82, 2.24) is 9.80 Å². The number of amides is 2. The molecule has 0 saturated heterocycles. The Morgan fingerprint density at radius 1 is 1.17 bits per heavy atom. The van der Waals surface area contributed by atoms with Crippen LogP contribution in [0.3, 0.4) is 0 Å². The number of carbonyl (C=O) groups excluding carboxylic acids is 1. The molecular formula is C11H18N2O5. The molecule has 1 atom stereocenters. The highest BCUT2D eigenvalue weighted by atomic mass is 16.4. The van der Waals surface area contributed by atoms with Crippen LogP contribution in [-0.4, -0.2) is 64.2 Å². The Hall–Kier alpha value is -1.79. The SMILES string of the molecule is CC(C1CC1)N(C)C(=O)N(CC(=O)O)CC(=O)O. The quantitative estimate of drug-likeness (QED) is 0.714. The van der Waals surface area contributed by atoms with Gasteiger partial charge < -0.3 is 20.0 Å². The minimum Gasteiger partial charge on any atom is -0.480 e. The van der Waals surface area contributed by atoms with E-state index in [1.54, 1.807) is 7.05 Å². The standard InChI is InChI=1S/C11H18N2O5/c1-7(8-3-4-8)12(2)11(18)13(5-9(14)15)6-10(16)17/h7-8H,3-6H2,1-2H3,(H,14,15)(H,16,17). The summed E-state index contributed by atoms with van der Waals surface area (Å²) in [4.78, 5) is 35.5. The molecule has 7 heteroatoms. The van der Waals surface area contributed by atoms with Gasteiger partial charge in [-0.05, 0) is 25.7 Å². The predicted molar refractivity (Wildman–Crippen MR) is 62.2 cm³/mol. The van der Waals surface area contributed by atoms with Crippen molar-refractivity contribution in [2.75, 3.05) is 20.1 Å². The summed E-state index contributed by atoms with van der Waals surface area (Å²) in [5.74, 6) is -2.01. The second kappa shape index (κ2) is 5.70. The van der Waals surface area contributed by atoms with Crippen LogP contribution in [0.2, 0.25) is 0 Å². The van der Waals surface area contributed by atoms with E-state index >= 15 is 0 Å². The molecule has 102 valence electrons. The molecule has 1 saturated carbocycles. The number of nitrogens with zero attached hydrogens (tertiary/aromatic N) is 2. The van der Waals surface area contributed by atoms with E-state index < -0.39 is 31.1 Å². The molecular weight excluding hydrogens is 240 g/mol. The lowest BCUT2D eigenvalue weighted by Gasteiger charge is -2.30. The molecule has 18 heavy (non-hydrogen) atoms. The smallest absolute Gasteiger partial charge is 0.323 e. The third kappa shape index (κ3) is 3.90. The van der Waals surface area contributed by atoms with Gasteiger partial charge in [-0.25, -0.2) is 4.79 Å². The molecule has 2 amide bonds. The molecule has 0 aliphatic heterocycles. The highest BCUT2D eigenvalue weighted by molar-refractivity contribution is 5.84. The van der Waals surface area contributed by atoms with E-state index in [-0.39, 0.29) is 6.04 Å². The third-order valence-electron chi connectivity index (χ3n) is 3.14. The topological polar surface area (TPSA) is 98.2 Å². The van der Waals surface area contributed by atoms with Gasteiger partial charge in [-0.2, -0.15) is 0 Å². The molecule has 1 aliphatic rings. The second-order valence-corrected chi connectivity index (χ2v) is 4.62. The molecule has 1 unspecified atom stereocenters. The van der Waals surface area contributed by atoms with Crippen molar-refractivity contribution in [1.29, 1.82) is 0 Å². The van der Waals surface area contributed by atoms with Gasteiger partial charge in [-0.15, -0.1) is 0 Å². The average molecular weight is 258 g/mol. The van der Waals surface area contributed by atoms with Crippen LogP contribution < -0.4 is 0 Å². The summed E-state index contributed by atoms with van der Waals surface area (Å²) in [6, 6.07) is -0.554. The molecule has 7 nitrogen and oxygen atoms in total. The molecule has 0 bridgehead atoms. The van der Waals surface area contributed by atoms with Crippen LogP contribution in [0.1, 0.15) is 19.8 Å². The van der Waals surface area contributed by atoms with Crippen molar-refractivity contribution in [3.8, 4) is 0 Å². The van der Waals surface area contributed by atoms with Crippen LogP contribution in [-0.2, 0) is 9.59 Å². The Bertz CT molecular complexity index is 337. The number of urea groups is 1. The molecule has 0 aromatic heterocycles. The normalized spacial score (nSPS) is 15.9. The van der Waals surface area contributed by atoms with Gasteiger partial charge in [0.2, 0.25) is 0 Å². The maximum absolute atomic E-state index is 12.0. The van der Waals surface area contributed by atoms with Crippen molar-refractivity contribution in [3.05, 3.63) is 0 Å². The summed E-state index contributed by atoms with van der Waals surface area (Å²) < 4.78 is 0.